The quantitative estimate of drug-likeness (QED) is 0.891. The Morgan fingerprint density at radius 1 is 1.08 bits per heavy atom. The van der Waals surface area contributed by atoms with Crippen LogP contribution in [0.15, 0.2) is 48.5 Å². The molecule has 2 aromatic carbocycles. The van der Waals surface area contributed by atoms with Crippen LogP contribution in [0.5, 0.6) is 0 Å². The molecule has 2 aliphatic rings. The van der Waals surface area contributed by atoms with Gasteiger partial charge in [-0.2, -0.15) is 0 Å². The second kappa shape index (κ2) is 5.49. The number of aromatic carboxylic acids is 1. The van der Waals surface area contributed by atoms with Gasteiger partial charge in [0.25, 0.3) is 0 Å². The van der Waals surface area contributed by atoms with Crippen LogP contribution < -0.4 is 5.48 Å². The third-order valence-electron chi connectivity index (χ3n) is 4.85. The van der Waals surface area contributed by atoms with Crippen LogP contribution in [-0.2, 0) is 4.84 Å². The van der Waals surface area contributed by atoms with Crippen LogP contribution in [0.4, 0.5) is 0 Å². The number of hydrogen-bond donors (Lipinski definition) is 2. The molecule has 0 atom stereocenters. The van der Waals surface area contributed by atoms with Gasteiger partial charge < -0.3 is 5.11 Å². The van der Waals surface area contributed by atoms with Gasteiger partial charge in [0.1, 0.15) is 5.60 Å². The van der Waals surface area contributed by atoms with Crippen LogP contribution in [0.3, 0.4) is 0 Å². The summed E-state index contributed by atoms with van der Waals surface area (Å²) in [6.07, 6.45) is 5.27. The Labute approximate surface area is 140 Å². The zero-order valence-electron chi connectivity index (χ0n) is 13.5. The number of benzene rings is 2. The summed E-state index contributed by atoms with van der Waals surface area (Å²) in [5, 5.41) is 9.46. The molecule has 0 radical (unpaired) electrons. The van der Waals surface area contributed by atoms with Gasteiger partial charge in [-0.3, -0.25) is 10.3 Å². The monoisotopic (exact) mass is 321 g/mol. The van der Waals surface area contributed by atoms with E-state index in [0.29, 0.717) is 0 Å². The van der Waals surface area contributed by atoms with Crippen molar-refractivity contribution < 1.29 is 14.7 Å². The number of nitrogens with one attached hydrogen (secondary N) is 1. The predicted octanol–water partition coefficient (Wildman–Crippen LogP) is 4.16. The highest BCUT2D eigenvalue weighted by atomic mass is 16.7. The van der Waals surface area contributed by atoms with Crippen LogP contribution in [0, 0.1) is 6.92 Å². The van der Waals surface area contributed by atoms with Crippen LogP contribution in [0.25, 0.3) is 16.8 Å². The summed E-state index contributed by atoms with van der Waals surface area (Å²) in [6.45, 7) is 2.03. The summed E-state index contributed by atoms with van der Waals surface area (Å²) >= 11 is 0. The second-order valence-electron chi connectivity index (χ2n) is 6.65. The molecule has 1 aliphatic carbocycles. The average molecular weight is 321 g/mol. The maximum atomic E-state index is 11.5. The highest BCUT2D eigenvalue weighted by molar-refractivity contribution is 5.91. The minimum Gasteiger partial charge on any atom is -0.478 e. The lowest BCUT2D eigenvalue weighted by Gasteiger charge is -2.33. The van der Waals surface area contributed by atoms with Crippen molar-refractivity contribution in [1.29, 1.82) is 0 Å². The molecule has 0 amide bonds. The first-order valence-corrected chi connectivity index (χ1v) is 8.17. The molecular formula is C20H19NO3. The zero-order valence-corrected chi connectivity index (χ0v) is 13.5. The highest BCUT2D eigenvalue weighted by Gasteiger charge is 2.41. The van der Waals surface area contributed by atoms with Gasteiger partial charge in [0.15, 0.2) is 0 Å². The lowest BCUT2D eigenvalue weighted by atomic mass is 9.80. The smallest absolute Gasteiger partial charge is 0.335 e. The topological polar surface area (TPSA) is 58.6 Å². The Morgan fingerprint density at radius 3 is 2.38 bits per heavy atom. The lowest BCUT2D eigenvalue weighted by molar-refractivity contribution is -0.0821. The van der Waals surface area contributed by atoms with Crippen molar-refractivity contribution >= 4 is 11.7 Å². The van der Waals surface area contributed by atoms with Crippen LogP contribution in [0.1, 0.15) is 40.7 Å². The molecule has 1 aliphatic heterocycles. The van der Waals surface area contributed by atoms with E-state index in [1.165, 1.54) is 5.56 Å². The number of carbonyl (C=O) groups is 1. The number of rotatable bonds is 3. The molecule has 1 saturated carbocycles. The van der Waals surface area contributed by atoms with E-state index in [2.05, 4.69) is 11.6 Å². The fourth-order valence-electron chi connectivity index (χ4n) is 3.21. The molecule has 1 fully saturated rings. The SMILES string of the molecule is Cc1ccc(-c2cc(C(=O)O)cc(C3=CC4(CCC4)ON3)c2)cc1. The molecule has 122 valence electrons. The van der Waals surface area contributed by atoms with Crippen LogP contribution >= 0.6 is 0 Å². The molecule has 4 rings (SSSR count). The van der Waals surface area contributed by atoms with E-state index in [1.807, 2.05) is 37.3 Å². The third-order valence-corrected chi connectivity index (χ3v) is 4.85. The van der Waals surface area contributed by atoms with Crippen molar-refractivity contribution in [3.63, 3.8) is 0 Å². The minimum atomic E-state index is -0.928. The molecule has 2 N–H and O–H groups in total. The zero-order chi connectivity index (χ0) is 16.7. The molecule has 2 aromatic rings. The van der Waals surface area contributed by atoms with E-state index < -0.39 is 5.97 Å². The third kappa shape index (κ3) is 2.59. The highest BCUT2D eigenvalue weighted by Crippen LogP contribution is 2.42. The number of carboxylic acid groups (broad SMARTS) is 1. The maximum Gasteiger partial charge on any atom is 0.335 e. The largest absolute Gasteiger partial charge is 0.478 e. The first-order chi connectivity index (χ1) is 11.5. The first-order valence-electron chi connectivity index (χ1n) is 8.17. The Hall–Kier alpha value is -2.59. The van der Waals surface area contributed by atoms with E-state index in [1.54, 1.807) is 12.1 Å². The molecule has 0 aromatic heterocycles. The van der Waals surface area contributed by atoms with Gasteiger partial charge in [-0.25, -0.2) is 4.79 Å². The Kier molecular flexibility index (Phi) is 3.43. The molecule has 4 heteroatoms. The maximum absolute atomic E-state index is 11.5. The van der Waals surface area contributed by atoms with Gasteiger partial charge in [0.2, 0.25) is 0 Å². The summed E-state index contributed by atoms with van der Waals surface area (Å²) in [5.74, 6) is -0.928. The van der Waals surface area contributed by atoms with Gasteiger partial charge in [-0.1, -0.05) is 29.8 Å². The summed E-state index contributed by atoms with van der Waals surface area (Å²) in [4.78, 5) is 17.2. The van der Waals surface area contributed by atoms with Crippen molar-refractivity contribution in [1.82, 2.24) is 5.48 Å². The van der Waals surface area contributed by atoms with Crippen molar-refractivity contribution in [3.05, 3.63) is 65.2 Å². The van der Waals surface area contributed by atoms with Gasteiger partial charge >= 0.3 is 5.97 Å². The summed E-state index contributed by atoms with van der Waals surface area (Å²) in [6, 6.07) is 13.5. The van der Waals surface area contributed by atoms with Crippen molar-refractivity contribution in [2.24, 2.45) is 0 Å². The van der Waals surface area contributed by atoms with E-state index in [0.717, 1.165) is 41.6 Å². The number of carboxylic acids is 1. The lowest BCUT2D eigenvalue weighted by Crippen LogP contribution is -2.36. The van der Waals surface area contributed by atoms with Gasteiger partial charge in [0, 0.05) is 5.56 Å². The Balaban J connectivity index is 1.78. The normalized spacial score (nSPS) is 18.0. The van der Waals surface area contributed by atoms with Crippen molar-refractivity contribution in [3.8, 4) is 11.1 Å². The molecule has 4 nitrogen and oxygen atoms in total. The van der Waals surface area contributed by atoms with Gasteiger partial charge in [0.05, 0.1) is 11.3 Å². The van der Waals surface area contributed by atoms with Crippen molar-refractivity contribution in [2.45, 2.75) is 31.8 Å². The molecule has 24 heavy (non-hydrogen) atoms. The fraction of sp³-hybridized carbons (Fsp3) is 0.250. The summed E-state index contributed by atoms with van der Waals surface area (Å²) in [5.41, 5.74) is 7.83. The van der Waals surface area contributed by atoms with Crippen LogP contribution in [0.2, 0.25) is 0 Å². The van der Waals surface area contributed by atoms with E-state index >= 15 is 0 Å². The number of aryl methyl sites for hydroxylation is 1. The average Bonchev–Trinajstić information content (AvgIpc) is 3.01. The Morgan fingerprint density at radius 2 is 1.79 bits per heavy atom. The molecule has 0 saturated heterocycles. The van der Waals surface area contributed by atoms with E-state index in [-0.39, 0.29) is 11.2 Å². The molecular weight excluding hydrogens is 302 g/mol. The standard InChI is InChI=1S/C20H19NO3/c1-13-3-5-14(6-4-13)15-9-16(11-17(10-15)19(22)23)18-12-20(24-21-18)7-2-8-20/h3-6,9-12,21H,2,7-8H2,1H3,(H,22,23). The predicted molar refractivity (Wildman–Crippen MR) is 92.4 cm³/mol. The minimum absolute atomic E-state index is 0.196. The molecule has 1 heterocycles. The molecule has 0 unspecified atom stereocenters. The van der Waals surface area contributed by atoms with Gasteiger partial charge in [-0.05, 0) is 61.6 Å². The number of hydroxylamine groups is 1. The van der Waals surface area contributed by atoms with Crippen LogP contribution in [-0.4, -0.2) is 16.7 Å². The molecule has 0 bridgehead atoms. The fourth-order valence-corrected chi connectivity index (χ4v) is 3.21. The first kappa shape index (κ1) is 15.0. The van der Waals surface area contributed by atoms with Gasteiger partial charge in [-0.15, -0.1) is 0 Å². The molecule has 1 spiro atoms. The van der Waals surface area contributed by atoms with E-state index in [4.69, 9.17) is 4.84 Å². The number of hydrogen-bond acceptors (Lipinski definition) is 3. The second-order valence-corrected chi connectivity index (χ2v) is 6.65. The summed E-state index contributed by atoms with van der Waals surface area (Å²) < 4.78 is 0. The Bertz CT molecular complexity index is 832. The summed E-state index contributed by atoms with van der Waals surface area (Å²) in [7, 11) is 0. The van der Waals surface area contributed by atoms with E-state index in [9.17, 15) is 9.90 Å². The van der Waals surface area contributed by atoms with Crippen molar-refractivity contribution in [2.75, 3.05) is 0 Å².